The third kappa shape index (κ3) is 4.02. The Bertz CT molecular complexity index is 3860. The summed E-state index contributed by atoms with van der Waals surface area (Å²) in [6.45, 7) is 9.56. The van der Waals surface area contributed by atoms with Crippen molar-refractivity contribution in [3.8, 4) is 44.9 Å². The minimum absolute atomic E-state index is 0.0359. The van der Waals surface area contributed by atoms with E-state index in [0.29, 0.717) is 11.8 Å². The normalized spacial score (nSPS) is 14.3. The van der Waals surface area contributed by atoms with Crippen LogP contribution in [0.2, 0.25) is 0 Å². The fourth-order valence-corrected chi connectivity index (χ4v) is 18.8. The second-order valence-corrected chi connectivity index (χ2v) is 23.1. The number of hydrogen-bond donors (Lipinski definition) is 0. The zero-order valence-corrected chi connectivity index (χ0v) is 37.4. The van der Waals surface area contributed by atoms with Gasteiger partial charge in [-0.1, -0.05) is 185 Å². The summed E-state index contributed by atoms with van der Waals surface area (Å²) in [7, 11) is -2.90. The summed E-state index contributed by atoms with van der Waals surface area (Å²) in [6.07, 6.45) is 0. The van der Waals surface area contributed by atoms with E-state index < -0.39 is 8.07 Å². The van der Waals surface area contributed by atoms with Crippen LogP contribution in [0.25, 0.3) is 88.4 Å². The van der Waals surface area contributed by atoms with E-state index >= 15 is 0 Å². The van der Waals surface area contributed by atoms with Crippen LogP contribution >= 0.6 is 0 Å². The first-order valence-electron chi connectivity index (χ1n) is 23.2. The predicted octanol–water partition coefficient (Wildman–Crippen LogP) is 10.3. The van der Waals surface area contributed by atoms with Crippen LogP contribution in [0, 0.1) is 0 Å². The average Bonchev–Trinajstić information content (AvgIpc) is 3.97. The molecule has 2 nitrogen and oxygen atoms in total. The van der Waals surface area contributed by atoms with Gasteiger partial charge in [0.15, 0.2) is 8.07 Å². The molecule has 4 aliphatic heterocycles. The molecule has 1 spiro atoms. The highest BCUT2D eigenvalue weighted by Gasteiger charge is 2.56. The molecule has 0 aliphatic carbocycles. The van der Waals surface area contributed by atoms with Gasteiger partial charge in [0.1, 0.15) is 0 Å². The van der Waals surface area contributed by atoms with Crippen LogP contribution in [0.5, 0.6) is 0 Å². The molecule has 9 aromatic carbocycles. The van der Waals surface area contributed by atoms with Crippen molar-refractivity contribution in [3.05, 3.63) is 187 Å². The van der Waals surface area contributed by atoms with Gasteiger partial charge in [0, 0.05) is 38.6 Å². The van der Waals surface area contributed by atoms with E-state index in [1.54, 1.807) is 5.19 Å². The number of nitrogens with zero attached hydrogens (tertiary/aromatic N) is 2. The zero-order chi connectivity index (χ0) is 42.3. The van der Waals surface area contributed by atoms with Crippen LogP contribution < -0.4 is 37.1 Å². The van der Waals surface area contributed by atoms with Crippen molar-refractivity contribution in [2.75, 3.05) is 0 Å². The Balaban J connectivity index is 1.23. The van der Waals surface area contributed by atoms with E-state index in [1.807, 2.05) is 0 Å². The summed E-state index contributed by atoms with van der Waals surface area (Å²) >= 11 is 0. The fraction of sp³-hybridized carbons (Fsp3) is 0.100. The smallest absolute Gasteiger partial charge is 0.252 e. The van der Waals surface area contributed by atoms with Gasteiger partial charge < -0.3 is 9.13 Å². The van der Waals surface area contributed by atoms with Crippen LogP contribution in [-0.2, 0) is 0 Å². The molecule has 0 atom stereocenters. The predicted molar refractivity (Wildman–Crippen MR) is 275 cm³/mol. The standard InChI is InChI=1S/C60H43BN2Si/c1-34(2)39-29-44-45-30-40(35(3)4)33-52-58(45)63-57(44)46(32-39)61-47-31-38-21-11-12-22-41(38)54-53(36-17-7-5-8-18-36)56(37-19-9-6-10-20-37)62(59(47)54)48-27-28-51(60(63)55(48)61)64(52)49-25-15-13-23-42(49)43-24-14-16-26-50(43)64/h5-35H,1-4H3. The molecule has 0 radical (unpaired) electrons. The molecule has 6 heterocycles. The first-order valence-corrected chi connectivity index (χ1v) is 25.2. The summed E-state index contributed by atoms with van der Waals surface area (Å²) in [5, 5.41) is 12.9. The van der Waals surface area contributed by atoms with E-state index in [1.165, 1.54) is 131 Å². The molecular formula is C60H43BN2Si. The highest BCUT2D eigenvalue weighted by atomic mass is 28.3. The van der Waals surface area contributed by atoms with Crippen molar-refractivity contribution in [1.29, 1.82) is 0 Å². The van der Waals surface area contributed by atoms with Gasteiger partial charge >= 0.3 is 0 Å². The van der Waals surface area contributed by atoms with E-state index in [-0.39, 0.29) is 6.71 Å². The third-order valence-corrected chi connectivity index (χ3v) is 20.7. The number of aromatic nitrogens is 2. The van der Waals surface area contributed by atoms with Crippen molar-refractivity contribution < 1.29 is 0 Å². The van der Waals surface area contributed by atoms with Crippen LogP contribution in [-0.4, -0.2) is 23.9 Å². The van der Waals surface area contributed by atoms with Crippen LogP contribution in [0.4, 0.5) is 0 Å². The number of hydrogen-bond acceptors (Lipinski definition) is 0. The third-order valence-electron chi connectivity index (χ3n) is 15.8. The summed E-state index contributed by atoms with van der Waals surface area (Å²) in [5.41, 5.74) is 21.9. The largest absolute Gasteiger partial charge is 0.310 e. The molecule has 0 fully saturated rings. The molecule has 0 saturated carbocycles. The van der Waals surface area contributed by atoms with E-state index in [9.17, 15) is 0 Å². The SMILES string of the molecule is CC(C)c1cc2c3c(c1)c1cc(C(C)C)cc4c1n3-c1c(ccc3c1B2c1cc2ccccc2c2c(-c5ccccc5)c(-c5ccccc5)n-3c12)[Si]41c2ccccc2-c2ccccc21. The maximum absolute atomic E-state index is 2.90. The quantitative estimate of drug-likeness (QED) is 0.156. The Labute approximate surface area is 374 Å². The Kier molecular flexibility index (Phi) is 6.68. The molecule has 4 aliphatic rings. The molecule has 4 heteroatoms. The Morgan fingerprint density at radius 3 is 1.75 bits per heavy atom. The van der Waals surface area contributed by atoms with E-state index in [4.69, 9.17) is 0 Å². The second kappa shape index (κ2) is 12.1. The lowest BCUT2D eigenvalue weighted by Crippen LogP contribution is -2.77. The number of benzene rings is 9. The molecule has 15 rings (SSSR count). The topological polar surface area (TPSA) is 9.86 Å². The van der Waals surface area contributed by atoms with Gasteiger partial charge in [-0.15, -0.1) is 0 Å². The molecule has 0 saturated heterocycles. The lowest BCUT2D eigenvalue weighted by Gasteiger charge is -2.43. The van der Waals surface area contributed by atoms with Gasteiger partial charge in [0.05, 0.1) is 16.7 Å². The maximum atomic E-state index is 2.79. The highest BCUT2D eigenvalue weighted by molar-refractivity contribution is 7.24. The summed E-state index contributed by atoms with van der Waals surface area (Å²) in [5.74, 6) is 0.757. The van der Waals surface area contributed by atoms with Gasteiger partial charge in [-0.2, -0.15) is 0 Å². The van der Waals surface area contributed by atoms with Crippen molar-refractivity contribution in [2.24, 2.45) is 0 Å². The molecule has 0 N–H and O–H groups in total. The average molecular weight is 831 g/mol. The lowest BCUT2D eigenvalue weighted by molar-refractivity contribution is 0.869. The minimum Gasteiger partial charge on any atom is -0.310 e. The Morgan fingerprint density at radius 2 is 1.05 bits per heavy atom. The highest BCUT2D eigenvalue weighted by Crippen LogP contribution is 2.48. The molecular weight excluding hydrogens is 788 g/mol. The summed E-state index contributed by atoms with van der Waals surface area (Å²) in [4.78, 5) is 0. The van der Waals surface area contributed by atoms with Gasteiger partial charge in [-0.05, 0) is 111 Å². The van der Waals surface area contributed by atoms with E-state index in [0.717, 1.165) is 0 Å². The van der Waals surface area contributed by atoms with Gasteiger partial charge in [-0.3, -0.25) is 0 Å². The zero-order valence-electron chi connectivity index (χ0n) is 36.4. The first-order chi connectivity index (χ1) is 31.4. The molecule has 0 unspecified atom stereocenters. The molecule has 2 aromatic heterocycles. The van der Waals surface area contributed by atoms with Crippen molar-refractivity contribution in [1.82, 2.24) is 9.13 Å². The molecule has 300 valence electrons. The van der Waals surface area contributed by atoms with Crippen molar-refractivity contribution in [3.63, 3.8) is 0 Å². The number of rotatable bonds is 4. The van der Waals surface area contributed by atoms with Gasteiger partial charge in [0.2, 0.25) is 0 Å². The second-order valence-electron chi connectivity index (χ2n) is 19.5. The number of fused-ring (bicyclic) bond motifs is 13. The summed E-state index contributed by atoms with van der Waals surface area (Å²) in [6, 6.07) is 68.7. The maximum Gasteiger partial charge on any atom is 0.252 e. The molecule has 0 bridgehead atoms. The molecule has 64 heavy (non-hydrogen) atoms. The van der Waals surface area contributed by atoms with Crippen LogP contribution in [0.1, 0.15) is 50.7 Å². The van der Waals surface area contributed by atoms with Gasteiger partial charge in [0.25, 0.3) is 6.71 Å². The Hall–Kier alpha value is -7.14. The van der Waals surface area contributed by atoms with Gasteiger partial charge in [-0.25, -0.2) is 0 Å². The van der Waals surface area contributed by atoms with Crippen molar-refractivity contribution >= 4 is 95.4 Å². The van der Waals surface area contributed by atoms with Crippen molar-refractivity contribution in [2.45, 2.75) is 39.5 Å². The van der Waals surface area contributed by atoms with Crippen LogP contribution in [0.3, 0.4) is 0 Å². The molecule has 0 amide bonds. The fourth-order valence-electron chi connectivity index (χ4n) is 13.2. The van der Waals surface area contributed by atoms with Crippen LogP contribution in [0.15, 0.2) is 176 Å². The monoisotopic (exact) mass is 830 g/mol. The first kappa shape index (κ1) is 35.3. The minimum atomic E-state index is -2.90. The van der Waals surface area contributed by atoms with E-state index in [2.05, 4.69) is 213 Å². The Morgan fingerprint density at radius 1 is 0.453 bits per heavy atom. The molecule has 11 aromatic rings. The lowest BCUT2D eigenvalue weighted by atomic mass is 9.34. The summed E-state index contributed by atoms with van der Waals surface area (Å²) < 4.78 is 5.50.